The molecule has 8 nitrogen and oxygen atoms in total. The molecule has 1 N–H and O–H groups in total. The fourth-order valence-corrected chi connectivity index (χ4v) is 5.53. The van der Waals surface area contributed by atoms with Crippen LogP contribution in [0.3, 0.4) is 0 Å². The zero-order valence-corrected chi connectivity index (χ0v) is 25.1. The fourth-order valence-electron chi connectivity index (χ4n) is 5.53. The maximum Gasteiger partial charge on any atom is 0.274 e. The van der Waals surface area contributed by atoms with Gasteiger partial charge in [-0.3, -0.25) is 9.59 Å². The predicted octanol–water partition coefficient (Wildman–Crippen LogP) is 5.55. The molecule has 3 aromatic rings. The lowest BCUT2D eigenvalue weighted by molar-refractivity contribution is -0.122. The van der Waals surface area contributed by atoms with E-state index in [-0.39, 0.29) is 23.2 Å². The summed E-state index contributed by atoms with van der Waals surface area (Å²) in [6, 6.07) is 8.12. The van der Waals surface area contributed by atoms with Crippen LogP contribution >= 0.6 is 0 Å². The fraction of sp³-hybridized carbons (Fsp3) is 0.548. The van der Waals surface area contributed by atoms with Gasteiger partial charge in [0, 0.05) is 30.8 Å². The molecule has 40 heavy (non-hydrogen) atoms. The zero-order valence-electron chi connectivity index (χ0n) is 25.1. The Morgan fingerprint density at radius 3 is 2.23 bits per heavy atom. The number of halogens is 1. The van der Waals surface area contributed by atoms with E-state index in [0.717, 1.165) is 36.3 Å². The Morgan fingerprint density at radius 2 is 1.75 bits per heavy atom. The number of carbonyl (C=O) groups is 2. The number of hydrogen-bond acceptors (Lipinski definition) is 5. The number of piperazine rings is 1. The van der Waals surface area contributed by atoms with Crippen LogP contribution in [0.2, 0.25) is 0 Å². The number of aliphatic hydroxyl groups is 1. The van der Waals surface area contributed by atoms with Gasteiger partial charge in [0.2, 0.25) is 6.41 Å². The summed E-state index contributed by atoms with van der Waals surface area (Å²) in [4.78, 5) is 32.6. The highest BCUT2D eigenvalue weighted by molar-refractivity contribution is 5.93. The van der Waals surface area contributed by atoms with Crippen LogP contribution in [-0.2, 0) is 4.79 Å². The second-order valence-electron chi connectivity index (χ2n) is 11.9. The summed E-state index contributed by atoms with van der Waals surface area (Å²) in [5.74, 6) is 0.429. The van der Waals surface area contributed by atoms with Gasteiger partial charge in [0.25, 0.3) is 5.91 Å². The summed E-state index contributed by atoms with van der Waals surface area (Å²) >= 11 is 0. The molecule has 0 atom stereocenters. The number of benzene rings is 1. The topological polar surface area (TPSA) is 91.0 Å². The van der Waals surface area contributed by atoms with Gasteiger partial charge in [-0.25, -0.2) is 13.9 Å². The van der Waals surface area contributed by atoms with E-state index in [1.165, 1.54) is 12.1 Å². The second-order valence-corrected chi connectivity index (χ2v) is 11.9. The lowest BCUT2D eigenvalue weighted by Crippen LogP contribution is -2.60. The van der Waals surface area contributed by atoms with Crippen molar-refractivity contribution >= 4 is 18.0 Å². The number of nitrogens with zero attached hydrogens (tertiary/aromatic N) is 5. The van der Waals surface area contributed by atoms with Crippen molar-refractivity contribution in [2.45, 2.75) is 85.3 Å². The highest BCUT2D eigenvalue weighted by Gasteiger charge is 2.38. The molecule has 0 radical (unpaired) electrons. The highest BCUT2D eigenvalue weighted by atomic mass is 19.1. The Labute approximate surface area is 237 Å². The minimum Gasteiger partial charge on any atom is -0.390 e. The number of carbonyl (C=O) groups excluding carboxylic acids is 2. The lowest BCUT2D eigenvalue weighted by atomic mass is 9.73. The van der Waals surface area contributed by atoms with E-state index in [0.29, 0.717) is 36.7 Å². The minimum absolute atomic E-state index is 0.155. The first-order valence-electron chi connectivity index (χ1n) is 14.2. The predicted molar refractivity (Wildman–Crippen MR) is 156 cm³/mol. The minimum atomic E-state index is -0.500. The van der Waals surface area contributed by atoms with E-state index in [1.807, 2.05) is 40.7 Å². The van der Waals surface area contributed by atoms with Gasteiger partial charge in [0.15, 0.2) is 5.65 Å². The molecule has 1 aromatic carbocycles. The second kappa shape index (κ2) is 12.5. The van der Waals surface area contributed by atoms with E-state index < -0.39 is 5.54 Å². The Bertz CT molecular complexity index is 1310. The molecule has 3 heterocycles. The number of fused-ring (bicyclic) bond motifs is 1. The number of rotatable bonds is 4. The summed E-state index contributed by atoms with van der Waals surface area (Å²) in [5, 5.41) is 13.7. The largest absolute Gasteiger partial charge is 0.390 e. The SMILES string of the molecule is CC.CC(C)c1cc(-c2ccc(F)cc2)nn2cc(C(=O)N3CCN(C=O)CC3(C)C)nc12.CC1CC(C)(O)C1. The van der Waals surface area contributed by atoms with Gasteiger partial charge in [-0.1, -0.05) is 34.6 Å². The molecule has 2 fully saturated rings. The van der Waals surface area contributed by atoms with E-state index in [2.05, 4.69) is 30.9 Å². The van der Waals surface area contributed by atoms with Crippen LogP contribution in [0.5, 0.6) is 0 Å². The average molecular weight is 554 g/mol. The normalized spacial score (nSPS) is 21.6. The molecule has 0 spiro atoms. The van der Waals surface area contributed by atoms with Crippen LogP contribution in [-0.4, -0.2) is 72.6 Å². The summed E-state index contributed by atoms with van der Waals surface area (Å²) in [6.45, 7) is 17.5. The lowest BCUT2D eigenvalue weighted by Gasteiger charge is -2.45. The molecule has 9 heteroatoms. The van der Waals surface area contributed by atoms with Crippen molar-refractivity contribution in [3.05, 3.63) is 53.6 Å². The maximum atomic E-state index is 13.3. The Hall–Kier alpha value is -3.33. The maximum absolute atomic E-state index is 13.3. The highest BCUT2D eigenvalue weighted by Crippen LogP contribution is 2.36. The molecule has 1 saturated heterocycles. The Kier molecular flexibility index (Phi) is 9.72. The summed E-state index contributed by atoms with van der Waals surface area (Å²) in [6.07, 6.45) is 4.46. The molecule has 1 aliphatic carbocycles. The number of amides is 2. The quantitative estimate of drug-likeness (QED) is 0.428. The summed E-state index contributed by atoms with van der Waals surface area (Å²) in [5.41, 5.74) is 2.58. The van der Waals surface area contributed by atoms with Crippen molar-refractivity contribution in [2.24, 2.45) is 5.92 Å². The van der Waals surface area contributed by atoms with Crippen molar-refractivity contribution in [2.75, 3.05) is 19.6 Å². The third-order valence-corrected chi connectivity index (χ3v) is 7.34. The molecular weight excluding hydrogens is 509 g/mol. The zero-order chi connectivity index (χ0) is 29.8. The van der Waals surface area contributed by atoms with Crippen LogP contribution in [0.4, 0.5) is 4.39 Å². The molecule has 2 amide bonds. The van der Waals surface area contributed by atoms with Gasteiger partial charge in [-0.15, -0.1) is 0 Å². The van der Waals surface area contributed by atoms with Crippen molar-refractivity contribution in [1.29, 1.82) is 0 Å². The van der Waals surface area contributed by atoms with Crippen LogP contribution in [0.15, 0.2) is 36.5 Å². The van der Waals surface area contributed by atoms with Crippen molar-refractivity contribution in [3.63, 3.8) is 0 Å². The third kappa shape index (κ3) is 7.05. The molecule has 1 aliphatic heterocycles. The molecule has 0 unspecified atom stereocenters. The molecule has 0 bridgehead atoms. The van der Waals surface area contributed by atoms with Crippen LogP contribution < -0.4 is 0 Å². The molecular formula is C31H44FN5O3. The van der Waals surface area contributed by atoms with Crippen molar-refractivity contribution in [3.8, 4) is 11.3 Å². The standard InChI is InChI=1S/C23H26FN5O2.C6H12O.C2H6/c1-15(2)18-11-19(16-5-7-17(24)8-6-16)26-29-12-20(25-21(18)29)22(31)28-10-9-27(14-30)13-23(28,3)4;1-5-3-6(2,7)4-5;1-2/h5-8,11-12,14-15H,9-10,13H2,1-4H3;5,7H,3-4H2,1-2H3;1-2H3. The number of hydrogen-bond donors (Lipinski definition) is 1. The average Bonchev–Trinajstić information content (AvgIpc) is 3.32. The van der Waals surface area contributed by atoms with E-state index in [9.17, 15) is 14.0 Å². The van der Waals surface area contributed by atoms with Gasteiger partial charge < -0.3 is 14.9 Å². The number of imidazole rings is 1. The van der Waals surface area contributed by atoms with Gasteiger partial charge in [0.1, 0.15) is 11.5 Å². The Morgan fingerprint density at radius 1 is 1.12 bits per heavy atom. The van der Waals surface area contributed by atoms with Gasteiger partial charge in [0.05, 0.1) is 23.0 Å². The van der Waals surface area contributed by atoms with Gasteiger partial charge in [-0.05, 0) is 75.8 Å². The van der Waals surface area contributed by atoms with Crippen LogP contribution in [0.1, 0.15) is 90.2 Å². The summed E-state index contributed by atoms with van der Waals surface area (Å²) in [7, 11) is 0. The number of aromatic nitrogens is 3. The molecule has 2 aliphatic rings. The first kappa shape index (κ1) is 31.2. The van der Waals surface area contributed by atoms with Crippen LogP contribution in [0.25, 0.3) is 16.9 Å². The van der Waals surface area contributed by atoms with Crippen molar-refractivity contribution in [1.82, 2.24) is 24.4 Å². The van der Waals surface area contributed by atoms with E-state index in [4.69, 9.17) is 5.11 Å². The summed E-state index contributed by atoms with van der Waals surface area (Å²) < 4.78 is 15.0. The van der Waals surface area contributed by atoms with Gasteiger partial charge >= 0.3 is 0 Å². The monoisotopic (exact) mass is 553 g/mol. The van der Waals surface area contributed by atoms with Crippen molar-refractivity contribution < 1.29 is 19.1 Å². The molecule has 5 rings (SSSR count). The smallest absolute Gasteiger partial charge is 0.274 e. The first-order valence-corrected chi connectivity index (χ1v) is 14.2. The third-order valence-electron chi connectivity index (χ3n) is 7.34. The molecule has 1 saturated carbocycles. The van der Waals surface area contributed by atoms with E-state index in [1.54, 1.807) is 32.6 Å². The Balaban J connectivity index is 0.000000422. The first-order chi connectivity index (χ1) is 18.8. The molecule has 218 valence electrons. The van der Waals surface area contributed by atoms with Crippen LogP contribution in [0, 0.1) is 11.7 Å². The molecule has 2 aromatic heterocycles. The van der Waals surface area contributed by atoms with E-state index >= 15 is 0 Å². The van der Waals surface area contributed by atoms with Gasteiger partial charge in [-0.2, -0.15) is 5.10 Å².